The molecular weight excluding hydrogens is 655 g/mol. The lowest BCUT2D eigenvalue weighted by atomic mass is 9.98. The number of hydrogen-bond acceptors (Lipinski definition) is 5. The van der Waals surface area contributed by atoms with Gasteiger partial charge in [0.05, 0.1) is 0 Å². The average Bonchev–Trinajstić information content (AvgIpc) is 3.79. The number of benzene rings is 8. The maximum atomic E-state index is 6.61. The first-order chi connectivity index (χ1) is 25.8. The summed E-state index contributed by atoms with van der Waals surface area (Å²) in [5.41, 5.74) is 6.91. The molecule has 0 saturated carbocycles. The summed E-state index contributed by atoms with van der Waals surface area (Å²) < 4.78 is 9.06. The van der Waals surface area contributed by atoms with Gasteiger partial charge in [-0.05, 0) is 57.6 Å². The Morgan fingerprint density at radius 3 is 1.88 bits per heavy atom. The number of hydrogen-bond donors (Lipinski definition) is 0. The number of furan rings is 1. The van der Waals surface area contributed by atoms with E-state index in [1.165, 1.54) is 20.2 Å². The van der Waals surface area contributed by atoms with Gasteiger partial charge in [-0.3, -0.25) is 0 Å². The van der Waals surface area contributed by atoms with Gasteiger partial charge in [-0.25, -0.2) is 15.0 Å². The van der Waals surface area contributed by atoms with Crippen molar-refractivity contribution in [3.8, 4) is 45.3 Å². The number of aromatic nitrogens is 3. The van der Waals surface area contributed by atoms with Gasteiger partial charge in [-0.2, -0.15) is 0 Å². The first kappa shape index (κ1) is 29.1. The molecule has 0 saturated heterocycles. The van der Waals surface area contributed by atoms with Crippen molar-refractivity contribution in [1.82, 2.24) is 15.0 Å². The molecule has 0 aliphatic heterocycles. The fourth-order valence-electron chi connectivity index (χ4n) is 7.71. The van der Waals surface area contributed by atoms with E-state index in [0.717, 1.165) is 71.3 Å². The molecule has 0 N–H and O–H groups in total. The lowest BCUT2D eigenvalue weighted by molar-refractivity contribution is 0.673. The number of fused-ring (bicyclic) bond motifs is 9. The molecule has 0 radical (unpaired) electrons. The van der Waals surface area contributed by atoms with Crippen LogP contribution in [-0.4, -0.2) is 15.0 Å². The molecule has 0 fully saturated rings. The van der Waals surface area contributed by atoms with E-state index in [1.54, 1.807) is 11.3 Å². The van der Waals surface area contributed by atoms with E-state index in [4.69, 9.17) is 19.4 Å². The Balaban J connectivity index is 1.23. The molecule has 242 valence electrons. The van der Waals surface area contributed by atoms with Crippen molar-refractivity contribution in [3.05, 3.63) is 164 Å². The Bertz CT molecular complexity index is 3190. The Hall–Kier alpha value is -6.69. The molecule has 0 amide bonds. The van der Waals surface area contributed by atoms with E-state index in [2.05, 4.69) is 158 Å². The average molecular weight is 682 g/mol. The van der Waals surface area contributed by atoms with Crippen LogP contribution in [0.3, 0.4) is 0 Å². The minimum atomic E-state index is 0.621. The zero-order valence-electron chi connectivity index (χ0n) is 27.7. The summed E-state index contributed by atoms with van der Waals surface area (Å²) in [6.45, 7) is 0. The fourth-order valence-corrected chi connectivity index (χ4v) is 8.84. The van der Waals surface area contributed by atoms with Crippen LogP contribution >= 0.6 is 11.3 Å². The van der Waals surface area contributed by atoms with Crippen LogP contribution in [0.5, 0.6) is 0 Å². The number of thiophene rings is 1. The SMILES string of the molecule is c1ccc(-c2ccc3oc4c5ccccc5c(-c5nc(-c6cccc7ccccc67)nc(-c6cccc7sc8ccccc8c67)n5)cc4c3c2)cc1. The quantitative estimate of drug-likeness (QED) is 0.185. The molecule has 8 aromatic carbocycles. The normalized spacial score (nSPS) is 11.8. The van der Waals surface area contributed by atoms with E-state index in [-0.39, 0.29) is 0 Å². The standard InChI is InChI=1S/C47H27N3OS/c1-2-12-28(13-3-1)30-24-25-40-37(26-30)38-27-39(32-17-6-7-18-33(32)44(38)51-40)47-49-45(34-20-10-15-29-14-4-5-16-31(29)34)48-46(50-47)36-21-11-23-42-43(36)35-19-8-9-22-41(35)52-42/h1-27H. The highest BCUT2D eigenvalue weighted by molar-refractivity contribution is 7.25. The summed E-state index contributed by atoms with van der Waals surface area (Å²) in [4.78, 5) is 15.9. The molecule has 3 aromatic heterocycles. The van der Waals surface area contributed by atoms with Crippen LogP contribution in [-0.2, 0) is 0 Å². The van der Waals surface area contributed by atoms with Gasteiger partial charge >= 0.3 is 0 Å². The number of nitrogens with zero attached hydrogens (tertiary/aromatic N) is 3. The van der Waals surface area contributed by atoms with Gasteiger partial charge in [0.15, 0.2) is 17.5 Å². The van der Waals surface area contributed by atoms with Gasteiger partial charge in [0, 0.05) is 53.0 Å². The third-order valence-corrected chi connectivity index (χ3v) is 11.3. The van der Waals surface area contributed by atoms with Gasteiger partial charge in [0.1, 0.15) is 11.2 Å². The molecule has 4 nitrogen and oxygen atoms in total. The van der Waals surface area contributed by atoms with E-state index >= 15 is 0 Å². The zero-order chi connectivity index (χ0) is 34.2. The van der Waals surface area contributed by atoms with Crippen molar-refractivity contribution in [2.24, 2.45) is 0 Å². The van der Waals surface area contributed by atoms with Crippen LogP contribution in [0.4, 0.5) is 0 Å². The van der Waals surface area contributed by atoms with E-state index in [1.807, 2.05) is 6.07 Å². The van der Waals surface area contributed by atoms with Crippen molar-refractivity contribution < 1.29 is 4.42 Å². The molecule has 0 unspecified atom stereocenters. The largest absolute Gasteiger partial charge is 0.455 e. The molecule has 0 aliphatic rings. The lowest BCUT2D eigenvalue weighted by Gasteiger charge is -2.12. The maximum Gasteiger partial charge on any atom is 0.164 e. The van der Waals surface area contributed by atoms with Crippen molar-refractivity contribution >= 4 is 75.0 Å². The zero-order valence-corrected chi connectivity index (χ0v) is 28.6. The Morgan fingerprint density at radius 1 is 0.385 bits per heavy atom. The predicted octanol–water partition coefficient (Wildman–Crippen LogP) is 13.1. The summed E-state index contributed by atoms with van der Waals surface area (Å²) in [7, 11) is 0. The molecular formula is C47H27N3OS. The summed E-state index contributed by atoms with van der Waals surface area (Å²) in [6, 6.07) is 57.3. The van der Waals surface area contributed by atoms with E-state index in [9.17, 15) is 0 Å². The van der Waals surface area contributed by atoms with Crippen LogP contribution in [0.2, 0.25) is 0 Å². The highest BCUT2D eigenvalue weighted by Gasteiger charge is 2.21. The van der Waals surface area contributed by atoms with Gasteiger partial charge in [0.2, 0.25) is 0 Å². The minimum Gasteiger partial charge on any atom is -0.455 e. The molecule has 0 aliphatic carbocycles. The van der Waals surface area contributed by atoms with Crippen LogP contribution in [0.15, 0.2) is 168 Å². The Labute approximate surface area is 302 Å². The molecule has 0 atom stereocenters. The van der Waals surface area contributed by atoms with Gasteiger partial charge in [-0.1, -0.05) is 133 Å². The van der Waals surface area contributed by atoms with E-state index < -0.39 is 0 Å². The summed E-state index contributed by atoms with van der Waals surface area (Å²) in [5.74, 6) is 1.91. The Kier molecular flexibility index (Phi) is 6.39. The second-order valence-electron chi connectivity index (χ2n) is 13.1. The highest BCUT2D eigenvalue weighted by atomic mass is 32.1. The maximum absolute atomic E-state index is 6.61. The molecule has 3 heterocycles. The predicted molar refractivity (Wildman–Crippen MR) is 217 cm³/mol. The minimum absolute atomic E-state index is 0.621. The smallest absolute Gasteiger partial charge is 0.164 e. The van der Waals surface area contributed by atoms with Gasteiger partial charge in [0.25, 0.3) is 0 Å². The molecule has 0 bridgehead atoms. The third kappa shape index (κ3) is 4.50. The molecule has 0 spiro atoms. The second-order valence-corrected chi connectivity index (χ2v) is 14.2. The van der Waals surface area contributed by atoms with Crippen molar-refractivity contribution in [1.29, 1.82) is 0 Å². The monoisotopic (exact) mass is 681 g/mol. The van der Waals surface area contributed by atoms with Crippen molar-refractivity contribution in [2.45, 2.75) is 0 Å². The summed E-state index contributed by atoms with van der Waals surface area (Å²) in [6.07, 6.45) is 0. The molecule has 11 rings (SSSR count). The van der Waals surface area contributed by atoms with Crippen LogP contribution in [0.25, 0.3) is 109 Å². The summed E-state index contributed by atoms with van der Waals surface area (Å²) >= 11 is 1.80. The third-order valence-electron chi connectivity index (χ3n) is 10.1. The van der Waals surface area contributed by atoms with Gasteiger partial charge < -0.3 is 4.42 Å². The highest BCUT2D eigenvalue weighted by Crippen LogP contribution is 2.43. The van der Waals surface area contributed by atoms with E-state index in [0.29, 0.717) is 17.5 Å². The lowest BCUT2D eigenvalue weighted by Crippen LogP contribution is -2.01. The molecule has 11 aromatic rings. The second kappa shape index (κ2) is 11.4. The van der Waals surface area contributed by atoms with Crippen molar-refractivity contribution in [3.63, 3.8) is 0 Å². The van der Waals surface area contributed by atoms with Crippen LogP contribution < -0.4 is 0 Å². The van der Waals surface area contributed by atoms with Gasteiger partial charge in [-0.15, -0.1) is 11.3 Å². The fraction of sp³-hybridized carbons (Fsp3) is 0. The topological polar surface area (TPSA) is 51.8 Å². The van der Waals surface area contributed by atoms with Crippen molar-refractivity contribution in [2.75, 3.05) is 0 Å². The molecule has 5 heteroatoms. The number of rotatable bonds is 4. The first-order valence-electron chi connectivity index (χ1n) is 17.4. The Morgan fingerprint density at radius 2 is 1.02 bits per heavy atom. The first-order valence-corrected chi connectivity index (χ1v) is 18.2. The summed E-state index contributed by atoms with van der Waals surface area (Å²) in [5, 5.41) is 8.74. The van der Waals surface area contributed by atoms with Crippen LogP contribution in [0, 0.1) is 0 Å². The molecule has 52 heavy (non-hydrogen) atoms. The van der Waals surface area contributed by atoms with Crippen LogP contribution in [0.1, 0.15) is 0 Å².